The minimum atomic E-state index is -3.87. The second-order valence-electron chi connectivity index (χ2n) is 6.38. The molecule has 0 heterocycles. The van der Waals surface area contributed by atoms with Crippen molar-refractivity contribution in [1.29, 1.82) is 0 Å². The second kappa shape index (κ2) is 9.52. The molecule has 1 saturated carbocycles. The van der Waals surface area contributed by atoms with Gasteiger partial charge in [0.25, 0.3) is 11.6 Å². The number of benzene rings is 1. The molecular formula is C17H25N3O5S2. The van der Waals surface area contributed by atoms with Gasteiger partial charge in [0.15, 0.2) is 0 Å². The summed E-state index contributed by atoms with van der Waals surface area (Å²) in [5, 5.41) is 14.1. The number of rotatable bonds is 8. The third-order valence-electron chi connectivity index (χ3n) is 4.42. The quantitative estimate of drug-likeness (QED) is 0.513. The van der Waals surface area contributed by atoms with Gasteiger partial charge in [-0.1, -0.05) is 19.3 Å². The van der Waals surface area contributed by atoms with Gasteiger partial charge >= 0.3 is 0 Å². The van der Waals surface area contributed by atoms with Crippen molar-refractivity contribution in [2.75, 3.05) is 23.7 Å². The molecule has 0 radical (unpaired) electrons. The molecule has 8 nitrogen and oxygen atoms in total. The Morgan fingerprint density at radius 2 is 2.00 bits per heavy atom. The first kappa shape index (κ1) is 21.6. The highest BCUT2D eigenvalue weighted by atomic mass is 32.2. The molecule has 1 aliphatic carbocycles. The van der Waals surface area contributed by atoms with Crippen molar-refractivity contribution in [2.24, 2.45) is 0 Å². The van der Waals surface area contributed by atoms with Gasteiger partial charge < -0.3 is 5.32 Å². The van der Waals surface area contributed by atoms with Crippen LogP contribution in [0.4, 0.5) is 11.4 Å². The highest BCUT2D eigenvalue weighted by Crippen LogP contribution is 2.41. The van der Waals surface area contributed by atoms with Crippen molar-refractivity contribution >= 4 is 39.1 Å². The monoisotopic (exact) mass is 415 g/mol. The number of nitrogens with one attached hydrogen (secondary N) is 1. The van der Waals surface area contributed by atoms with E-state index >= 15 is 0 Å². The summed E-state index contributed by atoms with van der Waals surface area (Å²) in [6, 6.07) is 3.98. The van der Waals surface area contributed by atoms with Crippen LogP contribution in [0.25, 0.3) is 0 Å². The summed E-state index contributed by atoms with van der Waals surface area (Å²) in [6.07, 6.45) is 5.26. The zero-order chi connectivity index (χ0) is 20.0. The Labute approximate surface area is 163 Å². The summed E-state index contributed by atoms with van der Waals surface area (Å²) in [4.78, 5) is 23.7. The topological polar surface area (TPSA) is 110 Å². The summed E-state index contributed by atoms with van der Waals surface area (Å²) < 4.78 is 26.0. The number of carbonyl (C=O) groups excluding carboxylic acids is 1. The number of nitro benzene ring substituents is 1. The molecule has 10 heteroatoms. The number of carbonyl (C=O) groups is 1. The molecule has 27 heavy (non-hydrogen) atoms. The lowest BCUT2D eigenvalue weighted by Crippen LogP contribution is -2.42. The number of nitrogens with zero attached hydrogens (tertiary/aromatic N) is 2. The number of hydrogen-bond donors (Lipinski definition) is 1. The van der Waals surface area contributed by atoms with Crippen molar-refractivity contribution in [2.45, 2.75) is 49.2 Å². The van der Waals surface area contributed by atoms with Gasteiger partial charge in [-0.2, -0.15) is 0 Å². The van der Waals surface area contributed by atoms with Gasteiger partial charge in [0, 0.05) is 22.3 Å². The molecule has 1 aliphatic rings. The fraction of sp³-hybridized carbons (Fsp3) is 0.588. The molecule has 1 fully saturated rings. The lowest BCUT2D eigenvalue weighted by molar-refractivity contribution is -0.385. The number of sulfonamides is 1. The summed E-state index contributed by atoms with van der Waals surface area (Å²) in [7, 11) is -2.31. The molecule has 1 aromatic carbocycles. The van der Waals surface area contributed by atoms with Crippen LogP contribution < -0.4 is 9.62 Å². The number of nitro groups is 1. The van der Waals surface area contributed by atoms with Crippen LogP contribution in [-0.2, 0) is 14.8 Å². The number of likely N-dealkylation sites (N-methyl/N-ethyl adjacent to an activating group) is 1. The molecule has 1 N–H and O–H groups in total. The number of non-ortho nitro benzene ring substituents is 1. The summed E-state index contributed by atoms with van der Waals surface area (Å²) >= 11 is 1.43. The van der Waals surface area contributed by atoms with Crippen LogP contribution in [0.2, 0.25) is 0 Å². The van der Waals surface area contributed by atoms with Gasteiger partial charge in [-0.25, -0.2) is 12.7 Å². The largest absolute Gasteiger partial charge is 0.311 e. The Bertz CT molecular complexity index is 792. The van der Waals surface area contributed by atoms with E-state index in [1.54, 1.807) is 7.05 Å². The molecule has 0 atom stereocenters. The number of thioether (sulfide) groups is 1. The van der Waals surface area contributed by atoms with Crippen LogP contribution in [0.5, 0.6) is 0 Å². The normalized spacial score (nSPS) is 15.5. The molecule has 150 valence electrons. The van der Waals surface area contributed by atoms with Gasteiger partial charge in [0.05, 0.1) is 22.9 Å². The second-order valence-corrected chi connectivity index (χ2v) is 9.82. The van der Waals surface area contributed by atoms with Crippen molar-refractivity contribution < 1.29 is 18.1 Å². The van der Waals surface area contributed by atoms with Crippen LogP contribution in [0, 0.1) is 10.1 Å². The van der Waals surface area contributed by atoms with Crippen LogP contribution in [0.15, 0.2) is 23.1 Å². The standard InChI is InChI=1S/C17H25N3O5S2/c1-3-27(24,25)19(17(21)12-18-2)15-10-9-13(20(22)23)11-16(15)26-14-7-5-4-6-8-14/h9-11,14,18H,3-8,12H2,1-2H3. The highest BCUT2D eigenvalue weighted by molar-refractivity contribution is 8.00. The van der Waals surface area contributed by atoms with E-state index in [0.717, 1.165) is 36.4 Å². The molecule has 2 rings (SSSR count). The minimum absolute atomic E-state index is 0.119. The van der Waals surface area contributed by atoms with Crippen LogP contribution in [-0.4, -0.2) is 43.8 Å². The fourth-order valence-corrected chi connectivity index (χ4v) is 5.58. The number of amides is 1. The maximum absolute atomic E-state index is 12.6. The Morgan fingerprint density at radius 1 is 1.33 bits per heavy atom. The van der Waals surface area contributed by atoms with Crippen molar-refractivity contribution in [3.8, 4) is 0 Å². The lowest BCUT2D eigenvalue weighted by Gasteiger charge is -2.26. The van der Waals surface area contributed by atoms with Gasteiger partial charge in [-0.3, -0.25) is 14.9 Å². The van der Waals surface area contributed by atoms with E-state index in [0.29, 0.717) is 4.90 Å². The molecule has 0 saturated heterocycles. The molecule has 0 unspecified atom stereocenters. The SMILES string of the molecule is CCS(=O)(=O)N(C(=O)CNC)c1ccc([N+](=O)[O-])cc1SC1CCCCC1. The number of anilines is 1. The molecule has 0 aliphatic heterocycles. The van der Waals surface area contributed by atoms with E-state index < -0.39 is 20.9 Å². The molecular weight excluding hydrogens is 390 g/mol. The van der Waals surface area contributed by atoms with E-state index in [4.69, 9.17) is 0 Å². The summed E-state index contributed by atoms with van der Waals surface area (Å²) in [5.74, 6) is -0.855. The summed E-state index contributed by atoms with van der Waals surface area (Å²) in [6.45, 7) is 1.32. The zero-order valence-corrected chi connectivity index (χ0v) is 17.1. The molecule has 1 aromatic rings. The molecule has 1 amide bonds. The Hall–Kier alpha value is -1.65. The van der Waals surface area contributed by atoms with Gasteiger partial charge in [-0.15, -0.1) is 11.8 Å². The Balaban J connectivity index is 2.52. The maximum Gasteiger partial charge on any atom is 0.270 e. The minimum Gasteiger partial charge on any atom is -0.311 e. The molecule has 0 spiro atoms. The van der Waals surface area contributed by atoms with E-state index in [1.807, 2.05) is 0 Å². The highest BCUT2D eigenvalue weighted by Gasteiger charge is 2.31. The van der Waals surface area contributed by atoms with Gasteiger partial charge in [-0.05, 0) is 32.9 Å². The van der Waals surface area contributed by atoms with E-state index in [2.05, 4.69) is 5.32 Å². The third kappa shape index (κ3) is 5.43. The third-order valence-corrected chi connectivity index (χ3v) is 7.49. The van der Waals surface area contributed by atoms with Crippen molar-refractivity contribution in [3.05, 3.63) is 28.3 Å². The van der Waals surface area contributed by atoms with Crippen LogP contribution in [0.3, 0.4) is 0 Å². The van der Waals surface area contributed by atoms with Crippen molar-refractivity contribution in [1.82, 2.24) is 5.32 Å². The Morgan fingerprint density at radius 3 is 2.56 bits per heavy atom. The first-order valence-corrected chi connectivity index (χ1v) is 11.4. The first-order chi connectivity index (χ1) is 12.8. The maximum atomic E-state index is 12.6. The average molecular weight is 416 g/mol. The van der Waals surface area contributed by atoms with E-state index in [1.165, 1.54) is 36.9 Å². The zero-order valence-electron chi connectivity index (χ0n) is 15.5. The fourth-order valence-electron chi connectivity index (χ4n) is 3.03. The van der Waals surface area contributed by atoms with E-state index in [9.17, 15) is 23.3 Å². The predicted molar refractivity (Wildman–Crippen MR) is 107 cm³/mol. The van der Waals surface area contributed by atoms with Crippen molar-refractivity contribution in [3.63, 3.8) is 0 Å². The van der Waals surface area contributed by atoms with Gasteiger partial charge in [0.1, 0.15) is 0 Å². The Kier molecular flexibility index (Phi) is 7.63. The van der Waals surface area contributed by atoms with E-state index in [-0.39, 0.29) is 28.9 Å². The predicted octanol–water partition coefficient (Wildman–Crippen LogP) is 2.92. The smallest absolute Gasteiger partial charge is 0.270 e. The average Bonchev–Trinajstić information content (AvgIpc) is 2.64. The summed E-state index contributed by atoms with van der Waals surface area (Å²) in [5.41, 5.74) is 0.0743. The molecule has 0 bridgehead atoms. The van der Waals surface area contributed by atoms with Crippen LogP contribution in [0.1, 0.15) is 39.0 Å². The lowest BCUT2D eigenvalue weighted by atomic mass is 10.0. The first-order valence-electron chi connectivity index (χ1n) is 8.95. The van der Waals surface area contributed by atoms with Crippen LogP contribution >= 0.6 is 11.8 Å². The molecule has 0 aromatic heterocycles. The van der Waals surface area contributed by atoms with Gasteiger partial charge in [0.2, 0.25) is 10.0 Å². The number of hydrogen-bond acceptors (Lipinski definition) is 7.